The molecule has 1 aliphatic rings. The molecule has 1 fully saturated rings. The molecule has 0 spiro atoms. The van der Waals surface area contributed by atoms with Crippen molar-refractivity contribution in [3.05, 3.63) is 29.8 Å². The Bertz CT molecular complexity index is 433. The Labute approximate surface area is 126 Å². The molecule has 1 aromatic carbocycles. The van der Waals surface area contributed by atoms with Crippen molar-refractivity contribution in [3.63, 3.8) is 0 Å². The van der Waals surface area contributed by atoms with Crippen LogP contribution in [0, 0.1) is 0 Å². The van der Waals surface area contributed by atoms with Gasteiger partial charge in [0, 0.05) is 11.4 Å². The highest BCUT2D eigenvalue weighted by atomic mass is 32.2. The fourth-order valence-corrected chi connectivity index (χ4v) is 2.99. The van der Waals surface area contributed by atoms with E-state index in [1.807, 2.05) is 4.90 Å². The smallest absolute Gasteiger partial charge is 0.238 e. The number of hydrogen-bond acceptors (Lipinski definition) is 3. The van der Waals surface area contributed by atoms with Crippen molar-refractivity contribution in [1.82, 2.24) is 10.2 Å². The van der Waals surface area contributed by atoms with Crippen LogP contribution in [-0.4, -0.2) is 30.2 Å². The van der Waals surface area contributed by atoms with Crippen molar-refractivity contribution in [2.75, 3.05) is 19.3 Å². The average Bonchev–Trinajstić information content (AvgIpc) is 2.85. The van der Waals surface area contributed by atoms with Gasteiger partial charge in [0.2, 0.25) is 5.91 Å². The van der Waals surface area contributed by atoms with Crippen molar-refractivity contribution in [1.29, 1.82) is 0 Å². The van der Waals surface area contributed by atoms with Crippen LogP contribution in [0.3, 0.4) is 0 Å². The fraction of sp³-hybridized carbons (Fsp3) is 0.562. The monoisotopic (exact) mass is 292 g/mol. The molecule has 0 radical (unpaired) electrons. The van der Waals surface area contributed by atoms with Gasteiger partial charge in [-0.25, -0.2) is 0 Å². The van der Waals surface area contributed by atoms with Gasteiger partial charge in [-0.3, -0.25) is 10.1 Å². The predicted octanol–water partition coefficient (Wildman–Crippen LogP) is 3.42. The first kappa shape index (κ1) is 15.4. The van der Waals surface area contributed by atoms with Crippen molar-refractivity contribution < 1.29 is 4.79 Å². The number of carbonyl (C=O) groups is 1. The molecule has 20 heavy (non-hydrogen) atoms. The summed E-state index contributed by atoms with van der Waals surface area (Å²) < 4.78 is 0. The van der Waals surface area contributed by atoms with Crippen molar-refractivity contribution >= 4 is 17.7 Å². The maximum Gasteiger partial charge on any atom is 0.238 e. The van der Waals surface area contributed by atoms with Crippen LogP contribution in [0.2, 0.25) is 0 Å². The molecular formula is C16H24N2OS. The number of benzene rings is 1. The lowest BCUT2D eigenvalue weighted by atomic mass is 10.1. The zero-order valence-electron chi connectivity index (χ0n) is 12.4. The number of rotatable bonds is 7. The highest BCUT2D eigenvalue weighted by Crippen LogP contribution is 2.25. The van der Waals surface area contributed by atoms with Gasteiger partial charge in [0.15, 0.2) is 0 Å². The molecule has 0 aromatic heterocycles. The van der Waals surface area contributed by atoms with Gasteiger partial charge in [0.25, 0.3) is 0 Å². The lowest BCUT2D eigenvalue weighted by molar-refractivity contribution is -0.128. The molecule has 1 heterocycles. The molecule has 1 atom stereocenters. The van der Waals surface area contributed by atoms with E-state index in [0.717, 1.165) is 13.0 Å². The Morgan fingerprint density at radius 2 is 2.00 bits per heavy atom. The third-order valence-corrected chi connectivity index (χ3v) is 4.51. The normalized spacial score (nSPS) is 18.8. The van der Waals surface area contributed by atoms with Crippen LogP contribution in [0.1, 0.15) is 44.3 Å². The molecule has 0 bridgehead atoms. The standard InChI is InChI=1S/C16H24N2OS/c1-3-4-5-6-11-18-15(19)12-17-16(18)13-7-9-14(20-2)10-8-13/h7-10,16-17H,3-6,11-12H2,1-2H3. The minimum absolute atomic E-state index is 0.0556. The zero-order valence-corrected chi connectivity index (χ0v) is 13.2. The second-order valence-corrected chi connectivity index (χ2v) is 6.08. The fourth-order valence-electron chi connectivity index (χ4n) is 2.59. The Balaban J connectivity index is 1.99. The Kier molecular flexibility index (Phi) is 5.92. The summed E-state index contributed by atoms with van der Waals surface area (Å²) in [5, 5.41) is 3.32. The average molecular weight is 292 g/mol. The minimum atomic E-state index is 0.0556. The summed E-state index contributed by atoms with van der Waals surface area (Å²) in [6.45, 7) is 3.53. The van der Waals surface area contributed by atoms with Gasteiger partial charge in [-0.05, 0) is 30.4 Å². The third kappa shape index (κ3) is 3.76. The highest BCUT2D eigenvalue weighted by Gasteiger charge is 2.30. The molecular weight excluding hydrogens is 268 g/mol. The number of nitrogens with zero attached hydrogens (tertiary/aromatic N) is 1. The van der Waals surface area contributed by atoms with Gasteiger partial charge in [0.1, 0.15) is 6.17 Å². The second kappa shape index (κ2) is 7.70. The lowest BCUT2D eigenvalue weighted by Crippen LogP contribution is -2.31. The number of thioether (sulfide) groups is 1. The van der Waals surface area contributed by atoms with E-state index in [1.165, 1.54) is 29.7 Å². The molecule has 3 nitrogen and oxygen atoms in total. The molecule has 4 heteroatoms. The largest absolute Gasteiger partial charge is 0.322 e. The van der Waals surface area contributed by atoms with E-state index < -0.39 is 0 Å². The number of amides is 1. The van der Waals surface area contributed by atoms with Gasteiger partial charge in [-0.2, -0.15) is 0 Å². The first-order valence-electron chi connectivity index (χ1n) is 7.43. The van der Waals surface area contributed by atoms with E-state index in [9.17, 15) is 4.79 Å². The van der Waals surface area contributed by atoms with Gasteiger partial charge >= 0.3 is 0 Å². The highest BCUT2D eigenvalue weighted by molar-refractivity contribution is 7.98. The van der Waals surface area contributed by atoms with Crippen LogP contribution >= 0.6 is 11.8 Å². The van der Waals surface area contributed by atoms with Crippen LogP contribution in [0.5, 0.6) is 0 Å². The topological polar surface area (TPSA) is 32.3 Å². The summed E-state index contributed by atoms with van der Waals surface area (Å²) in [6, 6.07) is 8.50. The first-order valence-corrected chi connectivity index (χ1v) is 8.65. The van der Waals surface area contributed by atoms with E-state index in [2.05, 4.69) is 42.8 Å². The Morgan fingerprint density at radius 1 is 1.25 bits per heavy atom. The summed E-state index contributed by atoms with van der Waals surface area (Å²) >= 11 is 1.74. The maximum absolute atomic E-state index is 12.0. The molecule has 1 unspecified atom stereocenters. The molecule has 0 saturated carbocycles. The summed E-state index contributed by atoms with van der Waals surface area (Å²) in [7, 11) is 0. The molecule has 1 aromatic rings. The third-order valence-electron chi connectivity index (χ3n) is 3.76. The number of carbonyl (C=O) groups excluding carboxylic acids is 1. The zero-order chi connectivity index (χ0) is 14.4. The van der Waals surface area contributed by atoms with E-state index in [4.69, 9.17) is 0 Å². The van der Waals surface area contributed by atoms with Gasteiger partial charge in [-0.1, -0.05) is 38.3 Å². The molecule has 1 amide bonds. The Hall–Kier alpha value is -1.00. The quantitative estimate of drug-likeness (QED) is 0.617. The second-order valence-electron chi connectivity index (χ2n) is 5.20. The number of hydrogen-bond donors (Lipinski definition) is 1. The van der Waals surface area contributed by atoms with E-state index >= 15 is 0 Å². The molecule has 1 saturated heterocycles. The van der Waals surface area contributed by atoms with Crippen LogP contribution in [0.4, 0.5) is 0 Å². The van der Waals surface area contributed by atoms with E-state index in [1.54, 1.807) is 11.8 Å². The number of nitrogens with one attached hydrogen (secondary N) is 1. The van der Waals surface area contributed by atoms with Crippen molar-refractivity contribution in [2.24, 2.45) is 0 Å². The first-order chi connectivity index (χ1) is 9.76. The van der Waals surface area contributed by atoms with Crippen LogP contribution in [0.25, 0.3) is 0 Å². The van der Waals surface area contributed by atoms with Crippen LogP contribution < -0.4 is 5.32 Å². The van der Waals surface area contributed by atoms with Gasteiger partial charge < -0.3 is 4.90 Å². The summed E-state index contributed by atoms with van der Waals surface area (Å²) in [4.78, 5) is 15.3. The van der Waals surface area contributed by atoms with Crippen LogP contribution in [0.15, 0.2) is 29.2 Å². The van der Waals surface area contributed by atoms with Crippen LogP contribution in [-0.2, 0) is 4.79 Å². The van der Waals surface area contributed by atoms with Gasteiger partial charge in [-0.15, -0.1) is 11.8 Å². The number of unbranched alkanes of at least 4 members (excludes halogenated alkanes) is 3. The minimum Gasteiger partial charge on any atom is -0.322 e. The molecule has 1 N–H and O–H groups in total. The predicted molar refractivity (Wildman–Crippen MR) is 84.8 cm³/mol. The SMILES string of the molecule is CCCCCCN1C(=O)CNC1c1ccc(SC)cc1. The molecule has 2 rings (SSSR count). The van der Waals surface area contributed by atoms with E-state index in [-0.39, 0.29) is 12.1 Å². The summed E-state index contributed by atoms with van der Waals surface area (Å²) in [5.74, 6) is 0.223. The lowest BCUT2D eigenvalue weighted by Gasteiger charge is -2.24. The van der Waals surface area contributed by atoms with Crippen molar-refractivity contribution in [3.8, 4) is 0 Å². The van der Waals surface area contributed by atoms with E-state index in [0.29, 0.717) is 6.54 Å². The Morgan fingerprint density at radius 3 is 2.65 bits per heavy atom. The molecule has 1 aliphatic heterocycles. The van der Waals surface area contributed by atoms with Crippen molar-refractivity contribution in [2.45, 2.75) is 43.7 Å². The maximum atomic E-state index is 12.0. The van der Waals surface area contributed by atoms with Gasteiger partial charge in [0.05, 0.1) is 6.54 Å². The summed E-state index contributed by atoms with van der Waals surface area (Å²) in [5.41, 5.74) is 1.18. The summed E-state index contributed by atoms with van der Waals surface area (Å²) in [6.07, 6.45) is 6.92. The molecule has 110 valence electrons. The molecule has 0 aliphatic carbocycles.